The molecule has 2 rings (SSSR count). The molecule has 0 aromatic rings. The molecule has 1 heterocycles. The predicted molar refractivity (Wildman–Crippen MR) is 67.6 cm³/mol. The Hall–Kier alpha value is -0.590. The van der Waals surface area contributed by atoms with Gasteiger partial charge in [-0.2, -0.15) is 5.26 Å². The smallest absolute Gasteiger partial charge is 0.0779 e. The average Bonchev–Trinajstić information content (AvgIpc) is 2.64. The van der Waals surface area contributed by atoms with Gasteiger partial charge in [0.2, 0.25) is 0 Å². The van der Waals surface area contributed by atoms with Gasteiger partial charge in [0, 0.05) is 19.2 Å². The molecule has 0 bridgehead atoms. The standard InChI is InChI=1S/C14H24N2O/c1-14(8-5-9-17-14)11-16-13-7-4-2-3-6-12(13)10-15/h12-13,16H,2-9,11H2,1H3. The molecule has 0 radical (unpaired) electrons. The largest absolute Gasteiger partial charge is 0.374 e. The zero-order valence-electron chi connectivity index (χ0n) is 10.9. The molecule has 3 heteroatoms. The molecule has 3 nitrogen and oxygen atoms in total. The molecule has 0 aromatic carbocycles. The van der Waals surface area contributed by atoms with Crippen molar-refractivity contribution in [2.45, 2.75) is 63.5 Å². The van der Waals surface area contributed by atoms with Crippen LogP contribution in [0.4, 0.5) is 0 Å². The first-order valence-electron chi connectivity index (χ1n) is 7.00. The number of rotatable bonds is 3. The van der Waals surface area contributed by atoms with Crippen LogP contribution in [0, 0.1) is 17.2 Å². The van der Waals surface area contributed by atoms with E-state index in [4.69, 9.17) is 4.74 Å². The lowest BCUT2D eigenvalue weighted by Gasteiger charge is -2.28. The molecule has 0 spiro atoms. The van der Waals surface area contributed by atoms with Crippen LogP contribution in [0.3, 0.4) is 0 Å². The molecule has 2 fully saturated rings. The van der Waals surface area contributed by atoms with Crippen LogP contribution >= 0.6 is 0 Å². The van der Waals surface area contributed by atoms with E-state index in [1.807, 2.05) is 0 Å². The SMILES string of the molecule is CC1(CNC2CCCCCC2C#N)CCCO1. The Bertz CT molecular complexity index is 278. The van der Waals surface area contributed by atoms with Crippen molar-refractivity contribution in [3.8, 4) is 6.07 Å². The normalized spacial score (nSPS) is 38.6. The molecule has 1 N–H and O–H groups in total. The van der Waals surface area contributed by atoms with Crippen molar-refractivity contribution in [2.24, 2.45) is 5.92 Å². The van der Waals surface area contributed by atoms with Gasteiger partial charge in [-0.25, -0.2) is 0 Å². The van der Waals surface area contributed by atoms with E-state index in [1.165, 1.54) is 25.7 Å². The van der Waals surface area contributed by atoms with E-state index in [9.17, 15) is 5.26 Å². The Morgan fingerprint density at radius 3 is 2.82 bits per heavy atom. The molecule has 3 unspecified atom stereocenters. The van der Waals surface area contributed by atoms with Crippen molar-refractivity contribution in [1.29, 1.82) is 5.26 Å². The summed E-state index contributed by atoms with van der Waals surface area (Å²) in [5, 5.41) is 12.8. The fraction of sp³-hybridized carbons (Fsp3) is 0.929. The van der Waals surface area contributed by atoms with Crippen molar-refractivity contribution in [3.05, 3.63) is 0 Å². The molecule has 2 aliphatic rings. The first-order chi connectivity index (χ1) is 8.23. The number of hydrogen-bond acceptors (Lipinski definition) is 3. The third-order valence-electron chi connectivity index (χ3n) is 4.22. The van der Waals surface area contributed by atoms with E-state index in [0.717, 1.165) is 32.4 Å². The van der Waals surface area contributed by atoms with E-state index in [0.29, 0.717) is 6.04 Å². The van der Waals surface area contributed by atoms with Crippen LogP contribution in [0.15, 0.2) is 0 Å². The van der Waals surface area contributed by atoms with Gasteiger partial charge in [-0.15, -0.1) is 0 Å². The maximum absolute atomic E-state index is 9.22. The lowest BCUT2D eigenvalue weighted by atomic mass is 9.95. The van der Waals surface area contributed by atoms with Gasteiger partial charge in [0.1, 0.15) is 0 Å². The molecule has 1 saturated carbocycles. The van der Waals surface area contributed by atoms with Gasteiger partial charge in [0.15, 0.2) is 0 Å². The van der Waals surface area contributed by atoms with E-state index in [2.05, 4.69) is 18.3 Å². The molecular weight excluding hydrogens is 212 g/mol. The zero-order chi connectivity index (χ0) is 12.1. The van der Waals surface area contributed by atoms with Crippen LogP contribution in [0.1, 0.15) is 51.9 Å². The highest BCUT2D eigenvalue weighted by Gasteiger charge is 2.32. The maximum Gasteiger partial charge on any atom is 0.0779 e. The summed E-state index contributed by atoms with van der Waals surface area (Å²) in [5.41, 5.74) is 0.00626. The highest BCUT2D eigenvalue weighted by molar-refractivity contribution is 4.95. The first kappa shape index (κ1) is 12.9. The zero-order valence-corrected chi connectivity index (χ0v) is 10.9. The monoisotopic (exact) mass is 236 g/mol. The number of nitriles is 1. The Morgan fingerprint density at radius 1 is 1.29 bits per heavy atom. The molecule has 1 aliphatic heterocycles. The molecule has 0 amide bonds. The van der Waals surface area contributed by atoms with E-state index in [-0.39, 0.29) is 11.5 Å². The molecule has 1 saturated heterocycles. The van der Waals surface area contributed by atoms with Crippen molar-refractivity contribution < 1.29 is 4.74 Å². The number of ether oxygens (including phenoxy) is 1. The summed E-state index contributed by atoms with van der Waals surface area (Å²) in [5.74, 6) is 0.197. The lowest BCUT2D eigenvalue weighted by Crippen LogP contribution is -2.44. The van der Waals surface area contributed by atoms with Gasteiger partial charge < -0.3 is 10.1 Å². The van der Waals surface area contributed by atoms with Gasteiger partial charge in [-0.3, -0.25) is 0 Å². The predicted octanol–water partition coefficient (Wildman–Crippen LogP) is 2.62. The fourth-order valence-corrected chi connectivity index (χ4v) is 3.03. The van der Waals surface area contributed by atoms with Gasteiger partial charge in [-0.05, 0) is 32.6 Å². The molecule has 0 aromatic heterocycles. The Kier molecular flexibility index (Phi) is 4.42. The van der Waals surface area contributed by atoms with Gasteiger partial charge >= 0.3 is 0 Å². The summed E-state index contributed by atoms with van der Waals surface area (Å²) in [6.45, 7) is 3.98. The Labute approximate surface area is 105 Å². The minimum absolute atomic E-state index is 0.00626. The summed E-state index contributed by atoms with van der Waals surface area (Å²) in [6, 6.07) is 2.86. The van der Waals surface area contributed by atoms with Gasteiger partial charge in [-0.1, -0.05) is 19.3 Å². The van der Waals surface area contributed by atoms with Crippen LogP contribution in [-0.4, -0.2) is 24.8 Å². The summed E-state index contributed by atoms with van der Waals surface area (Å²) in [7, 11) is 0. The van der Waals surface area contributed by atoms with Crippen LogP contribution in [0.2, 0.25) is 0 Å². The minimum Gasteiger partial charge on any atom is -0.374 e. The fourth-order valence-electron chi connectivity index (χ4n) is 3.03. The van der Waals surface area contributed by atoms with Crippen LogP contribution in [0.5, 0.6) is 0 Å². The van der Waals surface area contributed by atoms with Crippen LogP contribution in [-0.2, 0) is 4.74 Å². The van der Waals surface area contributed by atoms with Crippen molar-refractivity contribution in [3.63, 3.8) is 0 Å². The van der Waals surface area contributed by atoms with E-state index < -0.39 is 0 Å². The molecule has 96 valence electrons. The summed E-state index contributed by atoms with van der Waals surface area (Å²) >= 11 is 0. The quantitative estimate of drug-likeness (QED) is 0.766. The number of nitrogens with one attached hydrogen (secondary N) is 1. The molecular formula is C14H24N2O. The maximum atomic E-state index is 9.22. The third-order valence-corrected chi connectivity index (χ3v) is 4.22. The topological polar surface area (TPSA) is 45.0 Å². The second-order valence-electron chi connectivity index (χ2n) is 5.76. The summed E-state index contributed by atoms with van der Waals surface area (Å²) in [4.78, 5) is 0. The second kappa shape index (κ2) is 5.84. The molecule has 3 atom stereocenters. The number of nitrogens with zero attached hydrogens (tertiary/aromatic N) is 1. The lowest BCUT2D eigenvalue weighted by molar-refractivity contribution is 0.0176. The first-order valence-corrected chi connectivity index (χ1v) is 7.00. The van der Waals surface area contributed by atoms with Crippen molar-refractivity contribution in [1.82, 2.24) is 5.32 Å². The Morgan fingerprint density at radius 2 is 2.12 bits per heavy atom. The van der Waals surface area contributed by atoms with Crippen LogP contribution in [0.25, 0.3) is 0 Å². The molecule has 17 heavy (non-hydrogen) atoms. The van der Waals surface area contributed by atoms with Crippen molar-refractivity contribution in [2.75, 3.05) is 13.2 Å². The molecule has 1 aliphatic carbocycles. The summed E-state index contributed by atoms with van der Waals surface area (Å²) in [6.07, 6.45) is 8.27. The summed E-state index contributed by atoms with van der Waals surface area (Å²) < 4.78 is 5.79. The average molecular weight is 236 g/mol. The number of hydrogen-bond donors (Lipinski definition) is 1. The van der Waals surface area contributed by atoms with Gasteiger partial charge in [0.05, 0.1) is 17.6 Å². The van der Waals surface area contributed by atoms with Crippen molar-refractivity contribution >= 4 is 0 Å². The van der Waals surface area contributed by atoms with Gasteiger partial charge in [0.25, 0.3) is 0 Å². The second-order valence-corrected chi connectivity index (χ2v) is 5.76. The van der Waals surface area contributed by atoms with Crippen LogP contribution < -0.4 is 5.32 Å². The van der Waals surface area contributed by atoms with E-state index >= 15 is 0 Å². The third kappa shape index (κ3) is 3.43. The minimum atomic E-state index is 0.00626. The highest BCUT2D eigenvalue weighted by atomic mass is 16.5. The van der Waals surface area contributed by atoms with E-state index in [1.54, 1.807) is 0 Å². The highest BCUT2D eigenvalue weighted by Crippen LogP contribution is 2.27. The Balaban J connectivity index is 1.85.